The molecule has 0 aromatic heterocycles. The molecule has 1 aromatic carbocycles. The summed E-state index contributed by atoms with van der Waals surface area (Å²) < 4.78 is 4.90. The predicted molar refractivity (Wildman–Crippen MR) is 71.5 cm³/mol. The number of hydrogen-bond acceptors (Lipinski definition) is 4. The van der Waals surface area contributed by atoms with E-state index in [0.717, 1.165) is 5.69 Å². The maximum Gasteiger partial charge on any atom is 0.306 e. The Morgan fingerprint density at radius 2 is 2.11 bits per heavy atom. The number of carbonyl (C=O) groups excluding carboxylic acids is 2. The highest BCUT2D eigenvalue weighted by atomic mass is 16.5. The summed E-state index contributed by atoms with van der Waals surface area (Å²) in [6, 6.07) is 8.71. The molecule has 0 radical (unpaired) electrons. The first-order valence-electron chi connectivity index (χ1n) is 6.41. The third kappa shape index (κ3) is 2.93. The molecule has 5 heteroatoms. The van der Waals surface area contributed by atoms with Gasteiger partial charge in [-0.3, -0.25) is 9.59 Å². The van der Waals surface area contributed by atoms with Gasteiger partial charge in [0.1, 0.15) is 0 Å². The van der Waals surface area contributed by atoms with Gasteiger partial charge in [-0.2, -0.15) is 0 Å². The van der Waals surface area contributed by atoms with E-state index in [2.05, 4.69) is 0 Å². The van der Waals surface area contributed by atoms with Crippen molar-refractivity contribution in [2.24, 2.45) is 11.7 Å². The smallest absolute Gasteiger partial charge is 0.306 e. The van der Waals surface area contributed by atoms with E-state index in [9.17, 15) is 9.59 Å². The van der Waals surface area contributed by atoms with Crippen LogP contribution in [0.1, 0.15) is 13.3 Å². The highest BCUT2D eigenvalue weighted by molar-refractivity contribution is 6.00. The number of para-hydroxylation sites is 1. The number of hydrogen-bond donors (Lipinski definition) is 1. The Morgan fingerprint density at radius 1 is 1.42 bits per heavy atom. The van der Waals surface area contributed by atoms with Gasteiger partial charge in [0.15, 0.2) is 0 Å². The molecule has 0 aliphatic carbocycles. The normalized spacial score (nSPS) is 22.6. The van der Waals surface area contributed by atoms with Crippen molar-refractivity contribution in [3.05, 3.63) is 30.3 Å². The van der Waals surface area contributed by atoms with Crippen molar-refractivity contribution in [2.75, 3.05) is 18.1 Å². The molecule has 1 heterocycles. The summed E-state index contributed by atoms with van der Waals surface area (Å²) in [6.07, 6.45) is 0.185. The first-order chi connectivity index (χ1) is 9.13. The van der Waals surface area contributed by atoms with E-state index in [1.807, 2.05) is 30.3 Å². The van der Waals surface area contributed by atoms with Gasteiger partial charge >= 0.3 is 5.97 Å². The number of esters is 1. The van der Waals surface area contributed by atoms with Crippen molar-refractivity contribution in [2.45, 2.75) is 19.4 Å². The second-order valence-electron chi connectivity index (χ2n) is 4.58. The maximum absolute atomic E-state index is 12.1. The van der Waals surface area contributed by atoms with Crippen molar-refractivity contribution >= 4 is 17.6 Å². The minimum Gasteiger partial charge on any atom is -0.466 e. The third-order valence-corrected chi connectivity index (χ3v) is 3.28. The molecule has 1 aromatic rings. The van der Waals surface area contributed by atoms with E-state index in [1.54, 1.807) is 11.8 Å². The van der Waals surface area contributed by atoms with Gasteiger partial charge < -0.3 is 15.4 Å². The fourth-order valence-electron chi connectivity index (χ4n) is 2.29. The molecular formula is C14H18N2O3. The van der Waals surface area contributed by atoms with Gasteiger partial charge in [-0.15, -0.1) is 0 Å². The second-order valence-corrected chi connectivity index (χ2v) is 4.58. The van der Waals surface area contributed by atoms with Crippen LogP contribution in [0.3, 0.4) is 0 Å². The second kappa shape index (κ2) is 5.84. The molecule has 1 aliphatic rings. The van der Waals surface area contributed by atoms with E-state index in [4.69, 9.17) is 10.5 Å². The monoisotopic (exact) mass is 262 g/mol. The van der Waals surface area contributed by atoms with Gasteiger partial charge in [-0.1, -0.05) is 18.2 Å². The van der Waals surface area contributed by atoms with Crippen LogP contribution in [-0.2, 0) is 14.3 Å². The number of nitrogens with zero attached hydrogens (tertiary/aromatic N) is 1. The molecule has 5 nitrogen and oxygen atoms in total. The average Bonchev–Trinajstić information content (AvgIpc) is 2.68. The predicted octanol–water partition coefficient (Wildman–Crippen LogP) is 0.930. The SMILES string of the molecule is CCOC(=O)CC1CN(c2ccccc2)C(=O)C1N. The van der Waals surface area contributed by atoms with Crippen LogP contribution in [-0.4, -0.2) is 31.1 Å². The van der Waals surface area contributed by atoms with Crippen LogP contribution in [0.25, 0.3) is 0 Å². The number of ether oxygens (including phenoxy) is 1. The lowest BCUT2D eigenvalue weighted by Gasteiger charge is -2.16. The van der Waals surface area contributed by atoms with Crippen LogP contribution < -0.4 is 10.6 Å². The molecular weight excluding hydrogens is 244 g/mol. The van der Waals surface area contributed by atoms with Crippen molar-refractivity contribution in [3.63, 3.8) is 0 Å². The Morgan fingerprint density at radius 3 is 2.74 bits per heavy atom. The average molecular weight is 262 g/mol. The van der Waals surface area contributed by atoms with Crippen LogP contribution in [0.2, 0.25) is 0 Å². The van der Waals surface area contributed by atoms with Crippen molar-refractivity contribution in [1.29, 1.82) is 0 Å². The molecule has 1 aliphatic heterocycles. The van der Waals surface area contributed by atoms with Crippen LogP contribution in [0.15, 0.2) is 30.3 Å². The van der Waals surface area contributed by atoms with Gasteiger partial charge in [0.25, 0.3) is 0 Å². The summed E-state index contributed by atoms with van der Waals surface area (Å²) in [5.41, 5.74) is 6.71. The van der Waals surface area contributed by atoms with E-state index < -0.39 is 6.04 Å². The molecule has 2 N–H and O–H groups in total. The lowest BCUT2D eigenvalue weighted by Crippen LogP contribution is -2.36. The van der Waals surface area contributed by atoms with Gasteiger partial charge in [-0.05, 0) is 19.1 Å². The highest BCUT2D eigenvalue weighted by Crippen LogP contribution is 2.26. The molecule has 1 amide bonds. The Labute approximate surface area is 112 Å². The first kappa shape index (κ1) is 13.5. The molecule has 2 unspecified atom stereocenters. The number of anilines is 1. The fourth-order valence-corrected chi connectivity index (χ4v) is 2.29. The maximum atomic E-state index is 12.1. The van der Waals surface area contributed by atoms with Gasteiger partial charge in [0.2, 0.25) is 5.91 Å². The number of amides is 1. The standard InChI is InChI=1S/C14H18N2O3/c1-2-19-12(17)8-10-9-16(14(18)13(10)15)11-6-4-3-5-7-11/h3-7,10,13H,2,8-9,15H2,1H3. The summed E-state index contributed by atoms with van der Waals surface area (Å²) in [5, 5.41) is 0. The number of nitrogens with two attached hydrogens (primary N) is 1. The van der Waals surface area contributed by atoms with Crippen molar-refractivity contribution < 1.29 is 14.3 Å². The Kier molecular flexibility index (Phi) is 4.16. The third-order valence-electron chi connectivity index (χ3n) is 3.28. The first-order valence-corrected chi connectivity index (χ1v) is 6.41. The van der Waals surface area contributed by atoms with Gasteiger partial charge in [-0.25, -0.2) is 0 Å². The van der Waals surface area contributed by atoms with Crippen molar-refractivity contribution in [3.8, 4) is 0 Å². The topological polar surface area (TPSA) is 72.6 Å². The number of benzene rings is 1. The van der Waals surface area contributed by atoms with Crippen LogP contribution in [0.4, 0.5) is 5.69 Å². The Hall–Kier alpha value is -1.88. The largest absolute Gasteiger partial charge is 0.466 e. The molecule has 1 fully saturated rings. The van der Waals surface area contributed by atoms with Crippen LogP contribution in [0, 0.1) is 5.92 Å². The Bertz CT molecular complexity index is 461. The van der Waals surface area contributed by atoms with Crippen molar-refractivity contribution in [1.82, 2.24) is 0 Å². The van der Waals surface area contributed by atoms with E-state index in [1.165, 1.54) is 0 Å². The lowest BCUT2D eigenvalue weighted by molar-refractivity contribution is -0.144. The highest BCUT2D eigenvalue weighted by Gasteiger charge is 2.39. The minimum atomic E-state index is -0.635. The summed E-state index contributed by atoms with van der Waals surface area (Å²) in [7, 11) is 0. The zero-order valence-electron chi connectivity index (χ0n) is 10.9. The zero-order valence-corrected chi connectivity index (χ0v) is 10.9. The summed E-state index contributed by atoms with van der Waals surface area (Å²) in [4.78, 5) is 25.2. The van der Waals surface area contributed by atoms with Crippen LogP contribution in [0.5, 0.6) is 0 Å². The molecule has 0 saturated carbocycles. The molecule has 19 heavy (non-hydrogen) atoms. The quantitative estimate of drug-likeness (QED) is 0.819. The molecule has 2 rings (SSSR count). The molecule has 102 valence electrons. The Balaban J connectivity index is 2.07. The molecule has 0 bridgehead atoms. The molecule has 1 saturated heterocycles. The molecule has 0 spiro atoms. The molecule has 2 atom stereocenters. The van der Waals surface area contributed by atoms with Crippen LogP contribution >= 0.6 is 0 Å². The summed E-state index contributed by atoms with van der Waals surface area (Å²) >= 11 is 0. The van der Waals surface area contributed by atoms with E-state index in [-0.39, 0.29) is 24.2 Å². The van der Waals surface area contributed by atoms with Gasteiger partial charge in [0, 0.05) is 18.2 Å². The summed E-state index contributed by atoms with van der Waals surface area (Å²) in [5.74, 6) is -0.627. The van der Waals surface area contributed by atoms with E-state index in [0.29, 0.717) is 13.2 Å². The lowest BCUT2D eigenvalue weighted by atomic mass is 10.0. The zero-order chi connectivity index (χ0) is 13.8. The fraction of sp³-hybridized carbons (Fsp3) is 0.429. The number of rotatable bonds is 4. The summed E-state index contributed by atoms with van der Waals surface area (Å²) in [6.45, 7) is 2.56. The van der Waals surface area contributed by atoms with Gasteiger partial charge in [0.05, 0.1) is 19.1 Å². The van der Waals surface area contributed by atoms with E-state index >= 15 is 0 Å². The number of carbonyl (C=O) groups is 2. The minimum absolute atomic E-state index is 0.138.